The summed E-state index contributed by atoms with van der Waals surface area (Å²) < 4.78 is 0. The highest BCUT2D eigenvalue weighted by Crippen LogP contribution is 2.81. The second-order valence-electron chi connectivity index (χ2n) is 11.5. The molecule has 3 heteroatoms. The van der Waals surface area contributed by atoms with Crippen molar-refractivity contribution in [1.82, 2.24) is 5.01 Å². The van der Waals surface area contributed by atoms with E-state index in [0.717, 1.165) is 5.92 Å². The molecule has 4 unspecified atom stereocenters. The molecule has 1 aliphatic heterocycles. The number of rotatable bonds is 2. The first-order valence-corrected chi connectivity index (χ1v) is 11.5. The van der Waals surface area contributed by atoms with E-state index in [1.807, 2.05) is 0 Å². The Bertz CT molecular complexity index is 1070. The predicted octanol–water partition coefficient (Wildman–Crippen LogP) is 5.40. The molecule has 3 bridgehead atoms. The van der Waals surface area contributed by atoms with Crippen molar-refractivity contribution in [3.63, 3.8) is 0 Å². The van der Waals surface area contributed by atoms with Gasteiger partial charge in [-0.25, -0.2) is 5.01 Å². The summed E-state index contributed by atoms with van der Waals surface area (Å²) in [5.41, 5.74) is 1.91. The number of amides is 1. The van der Waals surface area contributed by atoms with E-state index in [2.05, 4.69) is 73.3 Å². The van der Waals surface area contributed by atoms with Crippen molar-refractivity contribution in [2.75, 3.05) is 5.01 Å². The quantitative estimate of drug-likeness (QED) is 0.690. The van der Waals surface area contributed by atoms with Crippen molar-refractivity contribution in [2.24, 2.45) is 28.6 Å². The molecule has 2 aromatic rings. The van der Waals surface area contributed by atoms with Crippen LogP contribution in [-0.4, -0.2) is 22.5 Å². The standard InChI is InChI=1S/C26H30N2O/c1-24(2)23(29)27(28(24)21-10-6-8-16-7-4-5-9-20(16)21)22-17-11-19-15-25(3)12-18(22)14-26(19,25)13-17/h4-10,17-19,22H,11-15H2,1-3H3/t17?,18?,19?,22-,25+,26?/m0/s1. The fourth-order valence-corrected chi connectivity index (χ4v) is 8.90. The molecule has 1 heterocycles. The van der Waals surface area contributed by atoms with E-state index in [1.54, 1.807) is 0 Å². The smallest absolute Gasteiger partial charge is 0.268 e. The predicted molar refractivity (Wildman–Crippen MR) is 115 cm³/mol. The van der Waals surface area contributed by atoms with Crippen LogP contribution < -0.4 is 5.01 Å². The minimum atomic E-state index is -0.470. The van der Waals surface area contributed by atoms with Gasteiger partial charge in [0.2, 0.25) is 0 Å². The lowest BCUT2D eigenvalue weighted by Crippen LogP contribution is -2.79. The van der Waals surface area contributed by atoms with Crippen LogP contribution in [0.5, 0.6) is 0 Å². The molecule has 5 aliphatic rings. The maximum absolute atomic E-state index is 13.5. The SMILES string of the molecule is CC1(C)C(=O)N([C@H]2C3CC4C[C@@]5(C)CC2CC45C3)N1c1cccc2ccccc12. The summed E-state index contributed by atoms with van der Waals surface area (Å²) in [6, 6.07) is 15.5. The maximum Gasteiger partial charge on any atom is 0.268 e. The highest BCUT2D eigenvalue weighted by Gasteiger charge is 2.76. The van der Waals surface area contributed by atoms with E-state index >= 15 is 0 Å². The van der Waals surface area contributed by atoms with Gasteiger partial charge in [-0.15, -0.1) is 0 Å². The lowest BCUT2D eigenvalue weighted by Gasteiger charge is -2.62. The van der Waals surface area contributed by atoms with Gasteiger partial charge in [-0.1, -0.05) is 43.3 Å². The Balaban J connectivity index is 1.34. The third-order valence-corrected chi connectivity index (χ3v) is 9.95. The fraction of sp³-hybridized carbons (Fsp3) is 0.577. The highest BCUT2D eigenvalue weighted by atomic mass is 16.2. The lowest BCUT2D eigenvalue weighted by molar-refractivity contribution is -0.161. The number of anilines is 1. The van der Waals surface area contributed by atoms with Crippen molar-refractivity contribution in [1.29, 1.82) is 0 Å². The van der Waals surface area contributed by atoms with E-state index < -0.39 is 5.54 Å². The zero-order valence-electron chi connectivity index (χ0n) is 17.7. The van der Waals surface area contributed by atoms with Gasteiger partial charge in [0.25, 0.3) is 5.91 Å². The number of fused-ring (bicyclic) bond motifs is 3. The van der Waals surface area contributed by atoms with Gasteiger partial charge in [0.1, 0.15) is 5.54 Å². The summed E-state index contributed by atoms with van der Waals surface area (Å²) in [4.78, 5) is 13.5. The van der Waals surface area contributed by atoms with Crippen LogP contribution in [0.4, 0.5) is 5.69 Å². The van der Waals surface area contributed by atoms with Crippen molar-refractivity contribution < 1.29 is 4.79 Å². The molecular weight excluding hydrogens is 356 g/mol. The topological polar surface area (TPSA) is 23.6 Å². The Morgan fingerprint density at radius 2 is 1.66 bits per heavy atom. The third-order valence-electron chi connectivity index (χ3n) is 9.95. The molecule has 1 amide bonds. The molecule has 5 fully saturated rings. The van der Waals surface area contributed by atoms with Crippen molar-refractivity contribution in [2.45, 2.75) is 64.5 Å². The number of carbonyl (C=O) groups is 1. The van der Waals surface area contributed by atoms with Crippen LogP contribution in [0.25, 0.3) is 10.8 Å². The zero-order chi connectivity index (χ0) is 19.8. The minimum absolute atomic E-state index is 0.320. The normalized spacial score (nSPS) is 43.5. The molecule has 4 aliphatic carbocycles. The van der Waals surface area contributed by atoms with E-state index in [9.17, 15) is 4.79 Å². The Morgan fingerprint density at radius 3 is 2.52 bits per heavy atom. The number of hydrogen-bond acceptors (Lipinski definition) is 2. The first-order valence-electron chi connectivity index (χ1n) is 11.5. The molecule has 4 saturated carbocycles. The van der Waals surface area contributed by atoms with Crippen LogP contribution in [0.2, 0.25) is 0 Å². The van der Waals surface area contributed by atoms with Gasteiger partial charge < -0.3 is 0 Å². The van der Waals surface area contributed by atoms with E-state index in [1.165, 1.54) is 48.6 Å². The first kappa shape index (κ1) is 16.7. The lowest BCUT2D eigenvalue weighted by atomic mass is 9.47. The van der Waals surface area contributed by atoms with Gasteiger partial charge in [0.05, 0.1) is 11.7 Å². The van der Waals surface area contributed by atoms with Gasteiger partial charge >= 0.3 is 0 Å². The van der Waals surface area contributed by atoms with Crippen molar-refractivity contribution in [3.05, 3.63) is 42.5 Å². The third kappa shape index (κ3) is 1.69. The van der Waals surface area contributed by atoms with Gasteiger partial charge in [0, 0.05) is 5.39 Å². The second kappa shape index (κ2) is 4.82. The molecule has 6 atom stereocenters. The molecule has 150 valence electrons. The highest BCUT2D eigenvalue weighted by molar-refractivity contribution is 6.03. The summed E-state index contributed by atoms with van der Waals surface area (Å²) in [5.74, 6) is 2.63. The van der Waals surface area contributed by atoms with E-state index in [0.29, 0.717) is 34.6 Å². The van der Waals surface area contributed by atoms with Gasteiger partial charge in [-0.2, -0.15) is 0 Å². The Hall–Kier alpha value is -2.03. The largest absolute Gasteiger partial charge is 0.270 e. The van der Waals surface area contributed by atoms with Crippen LogP contribution in [0.1, 0.15) is 52.9 Å². The molecule has 3 nitrogen and oxygen atoms in total. The average molecular weight is 387 g/mol. The molecule has 0 aromatic heterocycles. The molecular formula is C26H30N2O. The Labute approximate surface area is 173 Å². The number of benzene rings is 2. The average Bonchev–Trinajstić information content (AvgIpc) is 3.06. The Kier molecular flexibility index (Phi) is 2.78. The van der Waals surface area contributed by atoms with E-state index in [-0.39, 0.29) is 0 Å². The van der Waals surface area contributed by atoms with Crippen molar-refractivity contribution in [3.8, 4) is 0 Å². The van der Waals surface area contributed by atoms with Crippen LogP contribution in [0, 0.1) is 28.6 Å². The van der Waals surface area contributed by atoms with Crippen LogP contribution in [0.3, 0.4) is 0 Å². The molecule has 0 N–H and O–H groups in total. The molecule has 0 radical (unpaired) electrons. The van der Waals surface area contributed by atoms with Gasteiger partial charge in [-0.05, 0) is 86.0 Å². The molecule has 1 saturated heterocycles. The van der Waals surface area contributed by atoms with Gasteiger partial charge in [0.15, 0.2) is 0 Å². The molecule has 7 rings (SSSR count). The number of carbonyl (C=O) groups excluding carboxylic acids is 1. The van der Waals surface area contributed by atoms with E-state index in [4.69, 9.17) is 0 Å². The summed E-state index contributed by atoms with van der Waals surface area (Å²) >= 11 is 0. The van der Waals surface area contributed by atoms with Crippen molar-refractivity contribution >= 4 is 22.4 Å². The van der Waals surface area contributed by atoms with Gasteiger partial charge in [-0.3, -0.25) is 9.80 Å². The first-order chi connectivity index (χ1) is 13.9. The fourth-order valence-electron chi connectivity index (χ4n) is 8.90. The molecule has 2 aromatic carbocycles. The van der Waals surface area contributed by atoms with Crippen LogP contribution in [0.15, 0.2) is 42.5 Å². The number of nitrogens with zero attached hydrogens (tertiary/aromatic N) is 2. The monoisotopic (exact) mass is 386 g/mol. The summed E-state index contributed by atoms with van der Waals surface area (Å²) in [5, 5.41) is 7.08. The summed E-state index contributed by atoms with van der Waals surface area (Å²) in [6.07, 6.45) is 6.85. The maximum atomic E-state index is 13.5. The minimum Gasteiger partial charge on any atom is -0.270 e. The van der Waals surface area contributed by atoms with Crippen LogP contribution >= 0.6 is 0 Å². The summed E-state index contributed by atoms with van der Waals surface area (Å²) in [7, 11) is 0. The molecule has 1 spiro atoms. The summed E-state index contributed by atoms with van der Waals surface area (Å²) in [6.45, 7) is 6.75. The number of hydrogen-bond donors (Lipinski definition) is 0. The van der Waals surface area contributed by atoms with Crippen LogP contribution in [-0.2, 0) is 4.79 Å². The second-order valence-corrected chi connectivity index (χ2v) is 11.5. The Morgan fingerprint density at radius 1 is 0.897 bits per heavy atom. The zero-order valence-corrected chi connectivity index (χ0v) is 17.7. The number of hydrazine groups is 1. The molecule has 29 heavy (non-hydrogen) atoms.